The van der Waals surface area contributed by atoms with Crippen LogP contribution in [0.2, 0.25) is 0 Å². The molecule has 0 aliphatic heterocycles. The number of ether oxygens (including phenoxy) is 2. The van der Waals surface area contributed by atoms with E-state index in [-0.39, 0.29) is 0 Å². The number of methoxy groups -OCH3 is 2. The first-order valence-electron chi connectivity index (χ1n) is 8.71. The number of aryl methyl sites for hydroxylation is 1. The molecular weight excluding hydrogens is 298 g/mol. The molecule has 24 heavy (non-hydrogen) atoms. The van der Waals surface area contributed by atoms with E-state index in [0.717, 1.165) is 31.0 Å². The first-order chi connectivity index (χ1) is 11.7. The number of rotatable bonds is 10. The molecule has 0 fully saturated rings. The number of hydrogen-bond acceptors (Lipinski definition) is 3. The summed E-state index contributed by atoms with van der Waals surface area (Å²) in [5.41, 5.74) is 2.61. The van der Waals surface area contributed by atoms with Crippen molar-refractivity contribution in [2.45, 2.75) is 32.1 Å². The van der Waals surface area contributed by atoms with Gasteiger partial charge < -0.3 is 14.8 Å². The Kier molecular flexibility index (Phi) is 7.63. The molecule has 2 rings (SSSR count). The van der Waals surface area contributed by atoms with Gasteiger partial charge in [0.1, 0.15) is 11.5 Å². The van der Waals surface area contributed by atoms with Gasteiger partial charge in [-0.25, -0.2) is 0 Å². The molecule has 3 heteroatoms. The van der Waals surface area contributed by atoms with Crippen LogP contribution in [0.4, 0.5) is 0 Å². The molecule has 0 amide bonds. The molecule has 0 spiro atoms. The molecule has 2 aromatic carbocycles. The average Bonchev–Trinajstić information content (AvgIpc) is 2.64. The number of benzene rings is 2. The predicted molar refractivity (Wildman–Crippen MR) is 100 cm³/mol. The monoisotopic (exact) mass is 327 g/mol. The lowest BCUT2D eigenvalue weighted by Crippen LogP contribution is -2.21. The van der Waals surface area contributed by atoms with E-state index in [4.69, 9.17) is 9.47 Å². The van der Waals surface area contributed by atoms with Crippen molar-refractivity contribution in [3.8, 4) is 11.5 Å². The lowest BCUT2D eigenvalue weighted by atomic mass is 9.99. The van der Waals surface area contributed by atoms with E-state index in [9.17, 15) is 0 Å². The van der Waals surface area contributed by atoms with Crippen molar-refractivity contribution in [1.82, 2.24) is 5.32 Å². The molecule has 0 aliphatic carbocycles. The Hall–Kier alpha value is -2.00. The molecule has 130 valence electrons. The molecule has 0 aromatic heterocycles. The van der Waals surface area contributed by atoms with Crippen LogP contribution in [0.15, 0.2) is 48.5 Å². The van der Waals surface area contributed by atoms with E-state index in [1.807, 2.05) is 12.1 Å². The zero-order chi connectivity index (χ0) is 17.2. The predicted octanol–water partition coefficient (Wildman–Crippen LogP) is 4.42. The van der Waals surface area contributed by atoms with Crippen LogP contribution < -0.4 is 14.8 Å². The third-order valence-electron chi connectivity index (χ3n) is 4.33. The van der Waals surface area contributed by atoms with Crippen LogP contribution >= 0.6 is 0 Å². The molecule has 0 heterocycles. The molecule has 1 N–H and O–H groups in total. The summed E-state index contributed by atoms with van der Waals surface area (Å²) in [6.45, 7) is 4.20. The van der Waals surface area contributed by atoms with Gasteiger partial charge in [0.25, 0.3) is 0 Å². The van der Waals surface area contributed by atoms with Crippen LogP contribution in [0.1, 0.15) is 36.8 Å². The summed E-state index contributed by atoms with van der Waals surface area (Å²) in [7, 11) is 3.41. The van der Waals surface area contributed by atoms with Crippen molar-refractivity contribution >= 4 is 0 Å². The SMILES string of the molecule is COc1ccc(OC)c(C(C)CNCCCCc2ccccc2)c1. The quantitative estimate of drug-likeness (QED) is 0.655. The summed E-state index contributed by atoms with van der Waals surface area (Å²) < 4.78 is 10.8. The van der Waals surface area contributed by atoms with Crippen LogP contribution in [0.25, 0.3) is 0 Å². The average molecular weight is 327 g/mol. The number of nitrogens with one attached hydrogen (secondary N) is 1. The Morgan fingerprint density at radius 2 is 1.75 bits per heavy atom. The minimum atomic E-state index is 0.379. The summed E-state index contributed by atoms with van der Waals surface area (Å²) in [6.07, 6.45) is 3.56. The van der Waals surface area contributed by atoms with Gasteiger partial charge in [0.2, 0.25) is 0 Å². The summed E-state index contributed by atoms with van der Waals surface area (Å²) in [6, 6.07) is 16.7. The lowest BCUT2D eigenvalue weighted by Gasteiger charge is -2.17. The second kappa shape index (κ2) is 9.99. The summed E-state index contributed by atoms with van der Waals surface area (Å²) in [5.74, 6) is 2.18. The Balaban J connectivity index is 1.72. The number of hydrogen-bond donors (Lipinski definition) is 1. The largest absolute Gasteiger partial charge is 0.497 e. The van der Waals surface area contributed by atoms with Crippen molar-refractivity contribution in [2.24, 2.45) is 0 Å². The molecule has 2 aromatic rings. The zero-order valence-corrected chi connectivity index (χ0v) is 15.0. The Morgan fingerprint density at radius 1 is 0.958 bits per heavy atom. The standard InChI is InChI=1S/C21H29NO2/c1-17(20-15-19(23-2)12-13-21(20)24-3)16-22-14-8-7-11-18-9-5-4-6-10-18/h4-6,9-10,12-13,15,17,22H,7-8,11,14,16H2,1-3H3. The first kappa shape index (κ1) is 18.3. The van der Waals surface area contributed by atoms with Gasteiger partial charge >= 0.3 is 0 Å². The third kappa shape index (κ3) is 5.57. The van der Waals surface area contributed by atoms with Gasteiger partial charge in [0, 0.05) is 12.1 Å². The lowest BCUT2D eigenvalue weighted by molar-refractivity contribution is 0.395. The molecule has 3 nitrogen and oxygen atoms in total. The maximum Gasteiger partial charge on any atom is 0.122 e. The van der Waals surface area contributed by atoms with E-state index in [1.54, 1.807) is 14.2 Å². The second-order valence-electron chi connectivity index (χ2n) is 6.16. The fraction of sp³-hybridized carbons (Fsp3) is 0.429. The third-order valence-corrected chi connectivity index (χ3v) is 4.33. The van der Waals surface area contributed by atoms with Crippen LogP contribution in [-0.4, -0.2) is 27.3 Å². The van der Waals surface area contributed by atoms with E-state index >= 15 is 0 Å². The van der Waals surface area contributed by atoms with Crippen molar-refractivity contribution in [1.29, 1.82) is 0 Å². The summed E-state index contributed by atoms with van der Waals surface area (Å²) in [5, 5.41) is 3.56. The highest BCUT2D eigenvalue weighted by Gasteiger charge is 2.12. The van der Waals surface area contributed by atoms with Crippen molar-refractivity contribution < 1.29 is 9.47 Å². The molecule has 0 bridgehead atoms. The van der Waals surface area contributed by atoms with Gasteiger partial charge in [0.05, 0.1) is 14.2 Å². The van der Waals surface area contributed by atoms with Crippen LogP contribution in [-0.2, 0) is 6.42 Å². The highest BCUT2D eigenvalue weighted by molar-refractivity contribution is 5.42. The molecule has 0 saturated carbocycles. The van der Waals surface area contributed by atoms with E-state index in [1.165, 1.54) is 24.0 Å². The van der Waals surface area contributed by atoms with Gasteiger partial charge in [0.15, 0.2) is 0 Å². The Bertz CT molecular complexity index is 598. The maximum absolute atomic E-state index is 5.48. The smallest absolute Gasteiger partial charge is 0.122 e. The Labute approximate surface area is 146 Å². The van der Waals surface area contributed by atoms with Gasteiger partial charge in [-0.3, -0.25) is 0 Å². The van der Waals surface area contributed by atoms with Gasteiger partial charge in [-0.2, -0.15) is 0 Å². The maximum atomic E-state index is 5.48. The van der Waals surface area contributed by atoms with E-state index < -0.39 is 0 Å². The minimum Gasteiger partial charge on any atom is -0.497 e. The van der Waals surface area contributed by atoms with E-state index in [0.29, 0.717) is 5.92 Å². The minimum absolute atomic E-state index is 0.379. The zero-order valence-electron chi connectivity index (χ0n) is 15.0. The van der Waals surface area contributed by atoms with Crippen LogP contribution in [0.3, 0.4) is 0 Å². The second-order valence-corrected chi connectivity index (χ2v) is 6.16. The van der Waals surface area contributed by atoms with Gasteiger partial charge in [-0.1, -0.05) is 37.3 Å². The highest BCUT2D eigenvalue weighted by Crippen LogP contribution is 2.30. The molecule has 0 saturated heterocycles. The van der Waals surface area contributed by atoms with Crippen molar-refractivity contribution in [2.75, 3.05) is 27.3 Å². The molecule has 1 unspecified atom stereocenters. The normalized spacial score (nSPS) is 12.0. The summed E-state index contributed by atoms with van der Waals surface area (Å²) in [4.78, 5) is 0. The van der Waals surface area contributed by atoms with Crippen molar-refractivity contribution in [3.05, 3.63) is 59.7 Å². The summed E-state index contributed by atoms with van der Waals surface area (Å²) >= 11 is 0. The Morgan fingerprint density at radius 3 is 2.46 bits per heavy atom. The van der Waals surface area contributed by atoms with Gasteiger partial charge in [-0.15, -0.1) is 0 Å². The number of unbranched alkanes of at least 4 members (excludes halogenated alkanes) is 1. The first-order valence-corrected chi connectivity index (χ1v) is 8.71. The molecule has 0 aliphatic rings. The molecule has 0 radical (unpaired) electrons. The van der Waals surface area contributed by atoms with Gasteiger partial charge in [-0.05, 0) is 55.5 Å². The van der Waals surface area contributed by atoms with Crippen molar-refractivity contribution in [3.63, 3.8) is 0 Å². The van der Waals surface area contributed by atoms with E-state index in [2.05, 4.69) is 48.6 Å². The molecular formula is C21H29NO2. The highest BCUT2D eigenvalue weighted by atomic mass is 16.5. The van der Waals surface area contributed by atoms with Crippen LogP contribution in [0, 0.1) is 0 Å². The van der Waals surface area contributed by atoms with Crippen LogP contribution in [0.5, 0.6) is 11.5 Å². The molecule has 1 atom stereocenters. The topological polar surface area (TPSA) is 30.5 Å². The fourth-order valence-corrected chi connectivity index (χ4v) is 2.88. The fourth-order valence-electron chi connectivity index (χ4n) is 2.88.